The van der Waals surface area contributed by atoms with Crippen molar-refractivity contribution < 1.29 is 1.41 Å². The van der Waals surface area contributed by atoms with Gasteiger partial charge < -0.3 is 19.6 Å². The highest BCUT2D eigenvalue weighted by atomic mass is 32.0. The molecule has 0 bridgehead atoms. The number of nitrogens with one attached hydrogen (secondary N) is 1. The van der Waals surface area contributed by atoms with Crippen LogP contribution in [0, 0.1) is 5.15 Å². The zero-order valence-electron chi connectivity index (χ0n) is 59.1. The molecule has 8 heteroatoms. The van der Waals surface area contributed by atoms with E-state index in [1.54, 1.807) is 0 Å². The maximum atomic E-state index is 6.20. The second kappa shape index (κ2) is 31.7. The summed E-state index contributed by atoms with van der Waals surface area (Å²) >= 11 is 0. The number of nitrogens with zero attached hydrogens (tertiary/aromatic N) is 4. The van der Waals surface area contributed by atoms with E-state index >= 15 is 0 Å². The van der Waals surface area contributed by atoms with Crippen LogP contribution in [0.1, 0.15) is 0 Å². The normalized spacial score (nSPS) is 11.2. The average Bonchev–Trinajstić information content (AvgIpc) is 0.752. The van der Waals surface area contributed by atoms with Gasteiger partial charge in [-0.3, -0.25) is 5.15 Å². The minimum atomic E-state index is 0.250. The van der Waals surface area contributed by atoms with E-state index in [1.807, 2.05) is 0 Å². The summed E-state index contributed by atoms with van der Waals surface area (Å²) in [4.78, 5) is 9.45. The second-order valence-electron chi connectivity index (χ2n) is 25.2. The number of fused-ring (bicyclic) bond motifs is 8. The molecule has 0 spiro atoms. The molecular formula is C96H74N5P3. The van der Waals surface area contributed by atoms with Gasteiger partial charge in [0.05, 0.1) is 24.0 Å². The molecule has 0 aromatic heterocycles. The van der Waals surface area contributed by atoms with Crippen LogP contribution in [0.4, 0.5) is 68.2 Å². The first kappa shape index (κ1) is 65.0. The van der Waals surface area contributed by atoms with E-state index < -0.39 is 0 Å². The molecule has 0 saturated carbocycles. The summed E-state index contributed by atoms with van der Waals surface area (Å²) in [7, 11) is 5.00. The van der Waals surface area contributed by atoms with Crippen LogP contribution in [-0.2, 0) is 0 Å². The minimum Gasteiger partial charge on any atom is -0.310 e. The van der Waals surface area contributed by atoms with E-state index in [1.165, 1.54) is 86.9 Å². The number of rotatable bonds is 14. The number of anilines is 12. The third-order valence-electron chi connectivity index (χ3n) is 19.2. The summed E-state index contributed by atoms with van der Waals surface area (Å²) in [5.41, 5.74) is 18.3. The molecule has 18 aromatic rings. The Hall–Kier alpha value is -12.3. The average molecular weight is 1390 g/mol. The Morgan fingerprint density at radius 3 is 0.702 bits per heavy atom. The van der Waals surface area contributed by atoms with Crippen LogP contribution in [0.2, 0.25) is 1.41 Å². The van der Waals surface area contributed by atoms with Crippen LogP contribution in [0.5, 0.6) is 0 Å². The smallest absolute Gasteiger partial charge is 0.192 e. The van der Waals surface area contributed by atoms with Gasteiger partial charge in [0.1, 0.15) is 0 Å². The van der Waals surface area contributed by atoms with Gasteiger partial charge >= 0.3 is 0 Å². The number of para-hydroxylation sites is 4. The van der Waals surface area contributed by atoms with Gasteiger partial charge in [-0.2, -0.15) is 0 Å². The summed E-state index contributed by atoms with van der Waals surface area (Å²) in [5.74, 6) is 0. The van der Waals surface area contributed by atoms with Crippen molar-refractivity contribution in [3.05, 3.63) is 413 Å². The molecule has 2 unspecified atom stereocenters. The Morgan fingerprint density at radius 2 is 0.413 bits per heavy atom. The first-order chi connectivity index (χ1) is 52.5. The summed E-state index contributed by atoms with van der Waals surface area (Å²) in [6.07, 6.45) is 0. The zero-order chi connectivity index (χ0) is 72.0. The molecule has 0 heterocycles. The van der Waals surface area contributed by atoms with Crippen molar-refractivity contribution in [1.82, 2.24) is 0 Å². The molecule has 0 amide bonds. The van der Waals surface area contributed by atoms with Crippen LogP contribution in [0.3, 0.4) is 0 Å². The van der Waals surface area contributed by atoms with Crippen LogP contribution >= 0.6 is 26.8 Å². The molecule has 0 aliphatic heterocycles. The standard InChI is InChI=1S/C52H36N2.C44H32N2.H2NP.H4P2/c1-3-17-41(18-4-1)53(51-35-39-15-7-9-21-45(39)47-23-11-13-25-49(47)51)43-31-27-37(28-32-43)38-29-33-44(34-30-38)54(42-19-5-2-6-20-42)52-36-40-16-8-10-22-46(40)48-24-12-14-26-50(48)52;1-3-17-37(18-4-1)45(43-23-11-15-35-13-7-9-21-41(35)43)39-29-25-33(26-30-39)34-27-31-40(32-28-34)46(38-19-5-2-6-20-38)44-24-12-16-36-14-8-10-22-42(36)44;2*1-2/h1-36H;1-32H;1-2H;1-2H2/i;;;1D/hD. The highest BCUT2D eigenvalue weighted by Gasteiger charge is 2.22. The lowest BCUT2D eigenvalue weighted by Gasteiger charge is -2.28. The van der Waals surface area contributed by atoms with Gasteiger partial charge in [0, 0.05) is 67.0 Å². The van der Waals surface area contributed by atoms with Gasteiger partial charge in [0.25, 0.3) is 0 Å². The molecule has 18 aromatic carbocycles. The minimum absolute atomic E-state index is 0.250. The molecule has 18 rings (SSSR count). The molecule has 2 atom stereocenters. The van der Waals surface area contributed by atoms with Crippen molar-refractivity contribution in [2.24, 2.45) is 0 Å². The summed E-state index contributed by atoms with van der Waals surface area (Å²) < 4.78 is 11.9. The molecule has 5 nitrogen and oxygen atoms in total. The molecule has 0 radical (unpaired) electrons. The lowest BCUT2D eigenvalue weighted by Crippen LogP contribution is -2.10. The Labute approximate surface area is 618 Å². The molecule has 498 valence electrons. The predicted octanol–water partition coefficient (Wildman–Crippen LogP) is 29.0. The summed E-state index contributed by atoms with van der Waals surface area (Å²) in [5, 5.41) is 17.4. The zero-order valence-corrected chi connectivity index (χ0v) is 60.2. The first-order valence-electron chi connectivity index (χ1n) is 35.7. The lowest BCUT2D eigenvalue weighted by atomic mass is 9.98. The van der Waals surface area contributed by atoms with Gasteiger partial charge in [0.15, 0.2) is 1.41 Å². The first-order valence-corrected chi connectivity index (χ1v) is 37.5. The lowest BCUT2D eigenvalue weighted by molar-refractivity contribution is 1.29. The maximum absolute atomic E-state index is 6.20. The van der Waals surface area contributed by atoms with Gasteiger partial charge in [-0.1, -0.05) is 291 Å². The Balaban J connectivity index is 0.000000160. The molecule has 104 heavy (non-hydrogen) atoms. The van der Waals surface area contributed by atoms with E-state index in [0.29, 0.717) is 0 Å². The van der Waals surface area contributed by atoms with Gasteiger partial charge in [0.2, 0.25) is 0 Å². The van der Waals surface area contributed by atoms with E-state index in [9.17, 15) is 0 Å². The molecule has 0 fully saturated rings. The van der Waals surface area contributed by atoms with Crippen molar-refractivity contribution in [1.29, 1.82) is 6.43 Å². The van der Waals surface area contributed by atoms with Crippen molar-refractivity contribution in [2.45, 2.75) is 0 Å². The third kappa shape index (κ3) is 13.8. The largest absolute Gasteiger partial charge is 0.310 e. The topological polar surface area (TPSA) is 36.8 Å². The number of hydrogen-bond donors (Lipinski definition) is 1. The Bertz CT molecular complexity index is 5620. The highest BCUT2D eigenvalue weighted by Crippen LogP contribution is 2.47. The Kier molecular flexibility index (Phi) is 19.8. The van der Waals surface area contributed by atoms with Gasteiger partial charge in [-0.05, 0) is 196 Å². The van der Waals surface area contributed by atoms with Crippen LogP contribution in [-0.4, -0.2) is 1.28 Å². The van der Waals surface area contributed by atoms with E-state index in [0.717, 1.165) is 68.2 Å². The fourth-order valence-electron chi connectivity index (χ4n) is 14.5. The molecule has 0 aliphatic carbocycles. The van der Waals surface area contributed by atoms with Crippen LogP contribution < -0.4 is 19.6 Å². The highest BCUT2D eigenvalue weighted by molar-refractivity contribution is 7.92. The van der Waals surface area contributed by atoms with Crippen molar-refractivity contribution in [3.8, 4) is 22.3 Å². The molecule has 0 saturated heterocycles. The monoisotopic (exact) mass is 1390 g/mol. The molecule has 1 N–H and O–H groups in total. The van der Waals surface area contributed by atoms with Crippen LogP contribution in [0.25, 0.3) is 86.9 Å². The van der Waals surface area contributed by atoms with Crippen LogP contribution in [0.15, 0.2) is 413 Å². The maximum Gasteiger partial charge on any atom is 0.192 e. The van der Waals surface area contributed by atoms with Gasteiger partial charge in [-0.25, -0.2) is 0 Å². The van der Waals surface area contributed by atoms with E-state index in [4.69, 9.17) is 2.69 Å². The quantitative estimate of drug-likeness (QED) is 0.0870. The summed E-state index contributed by atoms with van der Waals surface area (Å²) in [6.45, 7) is 0. The molecule has 0 aliphatic rings. The number of hydrogen-bond acceptors (Lipinski definition) is 5. The molecular weight excluding hydrogens is 1320 g/mol. The predicted molar refractivity (Wildman–Crippen MR) is 458 cm³/mol. The second-order valence-corrected chi connectivity index (χ2v) is 25.2. The van der Waals surface area contributed by atoms with E-state index in [-0.39, 0.29) is 8.87 Å². The van der Waals surface area contributed by atoms with Crippen molar-refractivity contribution in [2.75, 3.05) is 19.6 Å². The SMILES string of the molecule is [2H]N=P.[2H]PP.c1ccc(N(c2ccc(-c3ccc(N(c4ccccc4)c4cc5ccccc5c5ccccc45)cc3)cc2)c2cc3ccccc3c3ccccc23)cc1.c1ccc(N(c2ccc(-c3ccc(N(c4ccccc4)c4cccc5ccccc45)cc3)cc2)c2cccc3ccccc23)cc1. The number of benzene rings is 18. The van der Waals surface area contributed by atoms with Crippen molar-refractivity contribution >= 4 is 160 Å². The fourth-order valence-corrected chi connectivity index (χ4v) is 14.5. The summed E-state index contributed by atoms with van der Waals surface area (Å²) in [6, 6.07) is 148. The van der Waals surface area contributed by atoms with E-state index in [2.05, 4.69) is 455 Å². The third-order valence-corrected chi connectivity index (χ3v) is 19.2. The Morgan fingerprint density at radius 1 is 0.212 bits per heavy atom. The van der Waals surface area contributed by atoms with Crippen molar-refractivity contribution in [3.63, 3.8) is 0 Å². The van der Waals surface area contributed by atoms with Gasteiger partial charge in [-0.15, -0.1) is 17.8 Å². The fraction of sp³-hybridized carbons (Fsp3) is 0.